The van der Waals surface area contributed by atoms with Gasteiger partial charge in [0.2, 0.25) is 5.91 Å². The average Bonchev–Trinajstić information content (AvgIpc) is 3.19. The fourth-order valence-electron chi connectivity index (χ4n) is 2.66. The summed E-state index contributed by atoms with van der Waals surface area (Å²) < 4.78 is 6.44. The van der Waals surface area contributed by atoms with Gasteiger partial charge < -0.3 is 10.1 Å². The summed E-state index contributed by atoms with van der Waals surface area (Å²) in [6.07, 6.45) is 4.16. The molecule has 3 atom stereocenters. The SMILES string of the molecule is COC(=O)[C@@H]1C[C@H]1C(=O)N[C@@H](C)c1cccc(-n2cccn2)c1. The molecule has 3 rings (SSSR count). The van der Waals surface area contributed by atoms with Crippen molar-refractivity contribution < 1.29 is 14.3 Å². The highest BCUT2D eigenvalue weighted by Gasteiger charge is 2.49. The molecule has 0 unspecified atom stereocenters. The Morgan fingerprint density at radius 2 is 2.17 bits per heavy atom. The number of carbonyl (C=O) groups excluding carboxylic acids is 2. The average molecular weight is 313 g/mol. The van der Waals surface area contributed by atoms with E-state index in [-0.39, 0.29) is 29.8 Å². The van der Waals surface area contributed by atoms with E-state index in [1.54, 1.807) is 10.9 Å². The van der Waals surface area contributed by atoms with Crippen LogP contribution in [0.15, 0.2) is 42.7 Å². The van der Waals surface area contributed by atoms with E-state index in [0.29, 0.717) is 6.42 Å². The predicted molar refractivity (Wildman–Crippen MR) is 83.7 cm³/mol. The topological polar surface area (TPSA) is 73.2 Å². The number of nitrogens with one attached hydrogen (secondary N) is 1. The van der Waals surface area contributed by atoms with E-state index in [9.17, 15) is 9.59 Å². The monoisotopic (exact) mass is 313 g/mol. The minimum atomic E-state index is -0.307. The number of hydrogen-bond acceptors (Lipinski definition) is 4. The zero-order chi connectivity index (χ0) is 16.4. The molecule has 0 spiro atoms. The molecule has 0 aliphatic heterocycles. The second kappa shape index (κ2) is 6.24. The summed E-state index contributed by atoms with van der Waals surface area (Å²) in [5, 5.41) is 7.17. The Morgan fingerprint density at radius 1 is 1.35 bits per heavy atom. The third-order valence-corrected chi connectivity index (χ3v) is 4.13. The molecule has 1 fully saturated rings. The van der Waals surface area contributed by atoms with Crippen molar-refractivity contribution in [2.45, 2.75) is 19.4 Å². The molecule has 6 heteroatoms. The first-order valence-corrected chi connectivity index (χ1v) is 7.58. The molecule has 6 nitrogen and oxygen atoms in total. The summed E-state index contributed by atoms with van der Waals surface area (Å²) in [5.74, 6) is -0.960. The number of amides is 1. The van der Waals surface area contributed by atoms with Crippen molar-refractivity contribution in [3.05, 3.63) is 48.3 Å². The number of ether oxygens (including phenoxy) is 1. The van der Waals surface area contributed by atoms with Gasteiger partial charge in [-0.1, -0.05) is 12.1 Å². The standard InChI is InChI=1S/C17H19N3O3/c1-11(19-16(21)14-10-15(14)17(22)23-2)12-5-3-6-13(9-12)20-8-4-7-18-20/h3-9,11,14-15H,10H2,1-2H3,(H,19,21)/t11-,14+,15+/m0/s1. The smallest absolute Gasteiger partial charge is 0.309 e. The summed E-state index contributed by atoms with van der Waals surface area (Å²) in [6.45, 7) is 1.93. The Kier molecular flexibility index (Phi) is 4.14. The van der Waals surface area contributed by atoms with Crippen LogP contribution in [0.4, 0.5) is 0 Å². The molecule has 0 bridgehead atoms. The van der Waals surface area contributed by atoms with Crippen LogP contribution in [0.5, 0.6) is 0 Å². The van der Waals surface area contributed by atoms with Gasteiger partial charge in [0.25, 0.3) is 0 Å². The second-order valence-electron chi connectivity index (χ2n) is 5.75. The molecule has 0 radical (unpaired) electrons. The van der Waals surface area contributed by atoms with Gasteiger partial charge in [-0.15, -0.1) is 0 Å². The number of hydrogen-bond donors (Lipinski definition) is 1. The highest BCUT2D eigenvalue weighted by atomic mass is 16.5. The normalized spacial score (nSPS) is 20.6. The van der Waals surface area contributed by atoms with Gasteiger partial charge in [0.1, 0.15) is 0 Å². The Morgan fingerprint density at radius 3 is 2.87 bits per heavy atom. The molecular weight excluding hydrogens is 294 g/mol. The highest BCUT2D eigenvalue weighted by molar-refractivity contribution is 5.90. The lowest BCUT2D eigenvalue weighted by atomic mass is 10.1. The van der Waals surface area contributed by atoms with Crippen LogP contribution in [0.3, 0.4) is 0 Å². The Bertz CT molecular complexity index is 712. The van der Waals surface area contributed by atoms with E-state index in [1.807, 2.05) is 43.5 Å². The molecule has 1 amide bonds. The fraction of sp³-hybridized carbons (Fsp3) is 0.353. The second-order valence-corrected chi connectivity index (χ2v) is 5.75. The van der Waals surface area contributed by atoms with Crippen molar-refractivity contribution in [1.29, 1.82) is 0 Å². The zero-order valence-electron chi connectivity index (χ0n) is 13.1. The number of carbonyl (C=O) groups is 2. The lowest BCUT2D eigenvalue weighted by molar-refractivity contribution is -0.143. The highest BCUT2D eigenvalue weighted by Crippen LogP contribution is 2.39. The minimum absolute atomic E-state index is 0.0996. The molecule has 1 heterocycles. The number of aromatic nitrogens is 2. The Hall–Kier alpha value is -2.63. The molecule has 1 aromatic carbocycles. The number of benzene rings is 1. The van der Waals surface area contributed by atoms with Gasteiger partial charge in [-0.3, -0.25) is 9.59 Å². The lowest BCUT2D eigenvalue weighted by Crippen LogP contribution is -2.29. The maximum absolute atomic E-state index is 12.2. The zero-order valence-corrected chi connectivity index (χ0v) is 13.1. The van der Waals surface area contributed by atoms with Gasteiger partial charge in [0.15, 0.2) is 0 Å². The number of esters is 1. The van der Waals surface area contributed by atoms with E-state index in [2.05, 4.69) is 15.2 Å². The predicted octanol–water partition coefficient (Wildman–Crippen LogP) is 1.86. The van der Waals surface area contributed by atoms with Crippen molar-refractivity contribution in [2.24, 2.45) is 11.8 Å². The summed E-state index contributed by atoms with van der Waals surface area (Å²) in [5.41, 5.74) is 1.93. The summed E-state index contributed by atoms with van der Waals surface area (Å²) in [7, 11) is 1.35. The third kappa shape index (κ3) is 3.26. The van der Waals surface area contributed by atoms with Gasteiger partial charge in [-0.2, -0.15) is 5.10 Å². The van der Waals surface area contributed by atoms with E-state index < -0.39 is 0 Å². The maximum atomic E-state index is 12.2. The van der Waals surface area contributed by atoms with E-state index in [1.165, 1.54) is 7.11 Å². The number of rotatable bonds is 5. The van der Waals surface area contributed by atoms with Crippen molar-refractivity contribution in [3.63, 3.8) is 0 Å². The Labute approximate surface area is 134 Å². The van der Waals surface area contributed by atoms with E-state index in [4.69, 9.17) is 0 Å². The first-order chi connectivity index (χ1) is 11.1. The van der Waals surface area contributed by atoms with Gasteiger partial charge in [-0.25, -0.2) is 4.68 Å². The van der Waals surface area contributed by atoms with Crippen LogP contribution in [-0.2, 0) is 14.3 Å². The van der Waals surface area contributed by atoms with Crippen LogP contribution in [0.1, 0.15) is 24.9 Å². The molecule has 0 saturated heterocycles. The minimum Gasteiger partial charge on any atom is -0.469 e. The molecule has 2 aromatic rings. The molecule has 120 valence electrons. The van der Waals surface area contributed by atoms with E-state index >= 15 is 0 Å². The first kappa shape index (κ1) is 15.3. The summed E-state index contributed by atoms with van der Waals surface area (Å²) in [4.78, 5) is 23.6. The van der Waals surface area contributed by atoms with E-state index in [0.717, 1.165) is 11.3 Å². The lowest BCUT2D eigenvalue weighted by Gasteiger charge is -2.15. The molecule has 23 heavy (non-hydrogen) atoms. The van der Waals surface area contributed by atoms with Crippen LogP contribution in [0.2, 0.25) is 0 Å². The number of methoxy groups -OCH3 is 1. The summed E-state index contributed by atoms with van der Waals surface area (Å²) in [6, 6.07) is 9.56. The molecule has 1 aliphatic carbocycles. The fourth-order valence-corrected chi connectivity index (χ4v) is 2.66. The molecule has 1 aliphatic rings. The quantitative estimate of drug-likeness (QED) is 0.855. The Balaban J connectivity index is 1.65. The third-order valence-electron chi connectivity index (χ3n) is 4.13. The number of nitrogens with zero attached hydrogens (tertiary/aromatic N) is 2. The van der Waals surface area contributed by atoms with Crippen LogP contribution in [0.25, 0.3) is 5.69 Å². The van der Waals surface area contributed by atoms with Crippen LogP contribution in [0, 0.1) is 11.8 Å². The van der Waals surface area contributed by atoms with Gasteiger partial charge in [0.05, 0.1) is 30.7 Å². The van der Waals surface area contributed by atoms with Crippen molar-refractivity contribution in [3.8, 4) is 5.69 Å². The summed E-state index contributed by atoms with van der Waals surface area (Å²) >= 11 is 0. The first-order valence-electron chi connectivity index (χ1n) is 7.58. The van der Waals surface area contributed by atoms with Crippen molar-refractivity contribution >= 4 is 11.9 Å². The van der Waals surface area contributed by atoms with Gasteiger partial charge >= 0.3 is 5.97 Å². The van der Waals surface area contributed by atoms with Gasteiger partial charge in [0, 0.05) is 12.4 Å². The molecular formula is C17H19N3O3. The van der Waals surface area contributed by atoms with Crippen LogP contribution >= 0.6 is 0 Å². The molecule has 1 N–H and O–H groups in total. The maximum Gasteiger partial charge on any atom is 0.309 e. The van der Waals surface area contributed by atoms with Gasteiger partial charge in [-0.05, 0) is 37.1 Å². The van der Waals surface area contributed by atoms with Crippen LogP contribution < -0.4 is 5.32 Å². The van der Waals surface area contributed by atoms with Crippen LogP contribution in [-0.4, -0.2) is 28.8 Å². The van der Waals surface area contributed by atoms with Crippen molar-refractivity contribution in [1.82, 2.24) is 15.1 Å². The van der Waals surface area contributed by atoms with Crippen molar-refractivity contribution in [2.75, 3.05) is 7.11 Å². The largest absolute Gasteiger partial charge is 0.469 e. The molecule has 1 saturated carbocycles. The molecule has 1 aromatic heterocycles.